The van der Waals surface area contributed by atoms with Gasteiger partial charge in [-0.2, -0.15) is 0 Å². The van der Waals surface area contributed by atoms with Gasteiger partial charge in [-0.15, -0.1) is 5.06 Å². The number of nitro groups is 1. The Morgan fingerprint density at radius 1 is 1.09 bits per heavy atom. The second-order valence-corrected chi connectivity index (χ2v) is 6.96. The van der Waals surface area contributed by atoms with E-state index < -0.39 is 16.7 Å². The van der Waals surface area contributed by atoms with Crippen molar-refractivity contribution >= 4 is 30.0 Å². The van der Waals surface area contributed by atoms with Gasteiger partial charge in [-0.1, -0.05) is 35.3 Å². The third-order valence-electron chi connectivity index (χ3n) is 4.82. The van der Waals surface area contributed by atoms with Crippen molar-refractivity contribution in [3.63, 3.8) is 0 Å². The fourth-order valence-corrected chi connectivity index (χ4v) is 3.18. The number of carbonyl (C=O) groups excluding carboxylic acids is 4. The normalized spacial score (nSPS) is 12.0. The minimum absolute atomic E-state index is 0.130. The third kappa shape index (κ3) is 5.19. The summed E-state index contributed by atoms with van der Waals surface area (Å²) in [6.45, 7) is 0.702. The van der Waals surface area contributed by atoms with Gasteiger partial charge in [0, 0.05) is 17.7 Å². The number of imide groups is 1. The van der Waals surface area contributed by atoms with E-state index >= 15 is 0 Å². The summed E-state index contributed by atoms with van der Waals surface area (Å²) in [5, 5.41) is 22.4. The second kappa shape index (κ2) is 10.7. The molecular weight excluding hydrogens is 446 g/mol. The van der Waals surface area contributed by atoms with Crippen molar-refractivity contribution in [3.8, 4) is 0 Å². The van der Waals surface area contributed by atoms with Gasteiger partial charge in [-0.25, -0.2) is 4.57 Å². The van der Waals surface area contributed by atoms with Crippen LogP contribution >= 0.6 is 0 Å². The molecule has 0 fully saturated rings. The van der Waals surface area contributed by atoms with E-state index in [2.05, 4.69) is 10.3 Å². The molecule has 34 heavy (non-hydrogen) atoms. The summed E-state index contributed by atoms with van der Waals surface area (Å²) in [7, 11) is 0. The first-order chi connectivity index (χ1) is 16.3. The van der Waals surface area contributed by atoms with E-state index in [1.54, 1.807) is 36.4 Å². The molecule has 1 aliphatic rings. The van der Waals surface area contributed by atoms with Crippen molar-refractivity contribution in [2.24, 2.45) is 0 Å². The smallest absolute Gasteiger partial charge is 0.390 e. The summed E-state index contributed by atoms with van der Waals surface area (Å²) >= 11 is 0. The lowest BCUT2D eigenvalue weighted by molar-refractivity contribution is -0.396. The number of amides is 3. The molecule has 1 aromatic heterocycles. The third-order valence-corrected chi connectivity index (χ3v) is 4.82. The van der Waals surface area contributed by atoms with Crippen LogP contribution in [0.5, 0.6) is 0 Å². The van der Waals surface area contributed by atoms with Crippen LogP contribution in [0.1, 0.15) is 47.9 Å². The number of rotatable bonds is 7. The van der Waals surface area contributed by atoms with E-state index in [-0.39, 0.29) is 28.0 Å². The van der Waals surface area contributed by atoms with E-state index in [0.29, 0.717) is 36.9 Å². The average molecular weight is 465 g/mol. The van der Waals surface area contributed by atoms with Crippen LogP contribution in [0.3, 0.4) is 0 Å². The van der Waals surface area contributed by atoms with Gasteiger partial charge < -0.3 is 15.4 Å². The SMILES string of the molecule is O=C1c2ccccc2C(=O)N1O.O=Cc1ccccc1C(=O)NCCCn1ccnc1[N+](=O)[O-]. The predicted molar refractivity (Wildman–Crippen MR) is 116 cm³/mol. The minimum atomic E-state index is -0.657. The number of fused-ring (bicyclic) bond motifs is 1. The monoisotopic (exact) mass is 465 g/mol. The molecule has 0 atom stereocenters. The summed E-state index contributed by atoms with van der Waals surface area (Å²) in [5.74, 6) is -1.88. The van der Waals surface area contributed by atoms with Crippen LogP contribution in [-0.2, 0) is 6.54 Å². The van der Waals surface area contributed by atoms with Gasteiger partial charge in [0.25, 0.3) is 17.7 Å². The van der Waals surface area contributed by atoms with Gasteiger partial charge in [0.2, 0.25) is 0 Å². The number of benzene rings is 2. The Morgan fingerprint density at radius 3 is 2.32 bits per heavy atom. The van der Waals surface area contributed by atoms with Crippen molar-refractivity contribution < 1.29 is 29.3 Å². The molecule has 1 aliphatic heterocycles. The Morgan fingerprint density at radius 2 is 1.71 bits per heavy atom. The molecule has 174 valence electrons. The molecule has 4 rings (SSSR count). The van der Waals surface area contributed by atoms with Crippen molar-refractivity contribution in [1.29, 1.82) is 0 Å². The summed E-state index contributed by atoms with van der Waals surface area (Å²) in [5.41, 5.74) is 1.14. The maximum absolute atomic E-state index is 12.0. The van der Waals surface area contributed by atoms with Crippen molar-refractivity contribution in [1.82, 2.24) is 19.9 Å². The van der Waals surface area contributed by atoms with Crippen LogP contribution in [0.4, 0.5) is 5.95 Å². The maximum Gasteiger partial charge on any atom is 0.434 e. The number of hydroxylamine groups is 2. The fraction of sp³-hybridized carbons (Fsp3) is 0.136. The Kier molecular flexibility index (Phi) is 7.56. The molecule has 2 N–H and O–H groups in total. The lowest BCUT2D eigenvalue weighted by Gasteiger charge is -2.06. The molecule has 0 spiro atoms. The molecule has 3 aromatic rings. The molecule has 0 radical (unpaired) electrons. The first-order valence-corrected chi connectivity index (χ1v) is 9.99. The summed E-state index contributed by atoms with van der Waals surface area (Å²) in [4.78, 5) is 58.7. The minimum Gasteiger partial charge on any atom is -0.390 e. The zero-order valence-electron chi connectivity index (χ0n) is 17.7. The van der Waals surface area contributed by atoms with Gasteiger partial charge in [0.05, 0.1) is 17.7 Å². The van der Waals surface area contributed by atoms with Crippen LogP contribution in [0.25, 0.3) is 0 Å². The van der Waals surface area contributed by atoms with Crippen LogP contribution in [-0.4, -0.2) is 55.3 Å². The van der Waals surface area contributed by atoms with Crippen molar-refractivity contribution in [2.45, 2.75) is 13.0 Å². The Balaban J connectivity index is 0.000000226. The summed E-state index contributed by atoms with van der Waals surface area (Å²) < 4.78 is 1.41. The van der Waals surface area contributed by atoms with Crippen molar-refractivity contribution in [3.05, 3.63) is 93.3 Å². The summed E-state index contributed by atoms with van der Waals surface area (Å²) in [6.07, 6.45) is 4.01. The van der Waals surface area contributed by atoms with Crippen LogP contribution in [0.2, 0.25) is 0 Å². The van der Waals surface area contributed by atoms with E-state index in [1.165, 1.54) is 29.1 Å². The van der Waals surface area contributed by atoms with E-state index in [4.69, 9.17) is 5.21 Å². The van der Waals surface area contributed by atoms with Gasteiger partial charge in [0.1, 0.15) is 12.4 Å². The highest BCUT2D eigenvalue weighted by Gasteiger charge is 2.34. The number of nitrogens with one attached hydrogen (secondary N) is 1. The fourth-order valence-electron chi connectivity index (χ4n) is 3.18. The van der Waals surface area contributed by atoms with Crippen LogP contribution in [0.15, 0.2) is 60.9 Å². The number of nitrogens with zero attached hydrogens (tertiary/aromatic N) is 4. The molecule has 12 nitrogen and oxygen atoms in total. The van der Waals surface area contributed by atoms with Gasteiger partial charge in [-0.3, -0.25) is 24.4 Å². The average Bonchev–Trinajstić information content (AvgIpc) is 3.42. The molecule has 2 heterocycles. The highest BCUT2D eigenvalue weighted by Crippen LogP contribution is 2.20. The van der Waals surface area contributed by atoms with Gasteiger partial charge in [-0.05, 0) is 29.5 Å². The predicted octanol–water partition coefficient (Wildman–Crippen LogP) is 2.10. The molecule has 0 saturated carbocycles. The quantitative estimate of drug-likeness (QED) is 0.134. The first kappa shape index (κ1) is 23.9. The Hall–Kier alpha value is -4.71. The zero-order chi connectivity index (χ0) is 24.7. The number of aryl methyl sites for hydroxylation is 1. The zero-order valence-corrected chi connectivity index (χ0v) is 17.7. The van der Waals surface area contributed by atoms with Crippen LogP contribution < -0.4 is 5.32 Å². The Bertz CT molecular complexity index is 1220. The second-order valence-electron chi connectivity index (χ2n) is 6.96. The largest absolute Gasteiger partial charge is 0.434 e. The Labute approximate surface area is 192 Å². The lowest BCUT2D eigenvalue weighted by Crippen LogP contribution is -2.26. The number of imidazole rings is 1. The molecule has 0 unspecified atom stereocenters. The highest BCUT2D eigenvalue weighted by atomic mass is 16.6. The number of aldehydes is 1. The number of aromatic nitrogens is 2. The van der Waals surface area contributed by atoms with Gasteiger partial charge >= 0.3 is 5.95 Å². The molecule has 2 aromatic carbocycles. The molecule has 3 amide bonds. The number of hydrogen-bond donors (Lipinski definition) is 2. The van der Waals surface area contributed by atoms with E-state index in [1.807, 2.05) is 0 Å². The standard InChI is InChI=1S/C14H14N4O4.C8H5NO3/c19-10-11-4-1-2-5-12(11)13(20)15-6-3-8-17-9-7-16-14(17)18(21)22;10-7-5-3-1-2-4-6(5)8(11)9(7)12/h1-2,4-5,7,9-10H,3,6,8H2,(H,15,20);1-4,12H. The number of hydrogen-bond acceptors (Lipinski definition) is 8. The summed E-state index contributed by atoms with van der Waals surface area (Å²) in [6, 6.07) is 12.8. The highest BCUT2D eigenvalue weighted by molar-refractivity contribution is 6.20. The van der Waals surface area contributed by atoms with Crippen LogP contribution in [0, 0.1) is 10.1 Å². The van der Waals surface area contributed by atoms with E-state index in [9.17, 15) is 29.3 Å². The molecular formula is C22H19N5O7. The van der Waals surface area contributed by atoms with Gasteiger partial charge in [0.15, 0.2) is 6.29 Å². The molecule has 12 heteroatoms. The topological polar surface area (TPSA) is 165 Å². The molecule has 0 bridgehead atoms. The lowest BCUT2D eigenvalue weighted by atomic mass is 10.1. The number of carbonyl (C=O) groups is 4. The van der Waals surface area contributed by atoms with Crippen molar-refractivity contribution in [2.75, 3.05) is 6.54 Å². The molecule has 0 aliphatic carbocycles. The van der Waals surface area contributed by atoms with E-state index in [0.717, 1.165) is 0 Å². The molecule has 0 saturated heterocycles. The maximum atomic E-state index is 12.0. The first-order valence-electron chi connectivity index (χ1n) is 9.99.